The summed E-state index contributed by atoms with van der Waals surface area (Å²) in [5, 5.41) is 7.10. The van der Waals surface area contributed by atoms with Gasteiger partial charge in [0.15, 0.2) is 0 Å². The van der Waals surface area contributed by atoms with Crippen LogP contribution >= 0.6 is 0 Å². The minimum atomic E-state index is -3.82. The Morgan fingerprint density at radius 3 is 2.54 bits per heavy atom. The highest BCUT2D eigenvalue weighted by Crippen LogP contribution is 2.40. The van der Waals surface area contributed by atoms with Crippen molar-refractivity contribution in [3.63, 3.8) is 0 Å². The Labute approximate surface area is 217 Å². The Bertz CT molecular complexity index is 1320. The number of ether oxygens (including phenoxy) is 1. The third-order valence-electron chi connectivity index (χ3n) is 7.50. The quantitative estimate of drug-likeness (QED) is 0.361. The van der Waals surface area contributed by atoms with Crippen LogP contribution < -0.4 is 14.8 Å². The predicted molar refractivity (Wildman–Crippen MR) is 139 cm³/mol. The van der Waals surface area contributed by atoms with Gasteiger partial charge in [-0.05, 0) is 69.2 Å². The summed E-state index contributed by atoms with van der Waals surface area (Å²) in [6.45, 7) is 4.65. The molecule has 0 bridgehead atoms. The maximum atomic E-state index is 13.4. The molecule has 0 saturated heterocycles. The van der Waals surface area contributed by atoms with Crippen LogP contribution in [-0.4, -0.2) is 41.9 Å². The third kappa shape index (κ3) is 5.30. The first kappa shape index (κ1) is 25.5. The zero-order chi connectivity index (χ0) is 26.2. The first-order valence-corrected chi connectivity index (χ1v) is 14.7. The van der Waals surface area contributed by atoms with Crippen molar-refractivity contribution in [1.82, 2.24) is 19.8 Å². The van der Waals surface area contributed by atoms with E-state index in [0.29, 0.717) is 36.8 Å². The molecule has 37 heavy (non-hydrogen) atoms. The highest BCUT2D eigenvalue weighted by Gasteiger charge is 2.43. The van der Waals surface area contributed by atoms with Gasteiger partial charge in [0.2, 0.25) is 10.0 Å². The van der Waals surface area contributed by atoms with Gasteiger partial charge >= 0.3 is 0 Å². The first-order valence-electron chi connectivity index (χ1n) is 13.1. The molecule has 2 aromatic rings. The van der Waals surface area contributed by atoms with E-state index in [0.717, 1.165) is 43.4 Å². The number of amides is 2. The van der Waals surface area contributed by atoms with Crippen LogP contribution in [0.3, 0.4) is 0 Å². The summed E-state index contributed by atoms with van der Waals surface area (Å²) in [5.74, 6) is -0.767. The van der Waals surface area contributed by atoms with Crippen LogP contribution in [0.5, 0.6) is 5.75 Å². The molecule has 0 spiro atoms. The Morgan fingerprint density at radius 1 is 1.19 bits per heavy atom. The number of benzene rings is 1. The number of carbonyl (C=O) groups excluding carboxylic acids is 2. The lowest BCUT2D eigenvalue weighted by Gasteiger charge is -2.37. The van der Waals surface area contributed by atoms with Crippen molar-refractivity contribution in [2.75, 3.05) is 6.61 Å². The third-order valence-corrected chi connectivity index (χ3v) is 9.32. The number of nitrogens with one attached hydrogen (secondary N) is 2. The highest BCUT2D eigenvalue weighted by atomic mass is 32.2. The number of carbonyl (C=O) groups is 2. The predicted octanol–water partition coefficient (Wildman–Crippen LogP) is 3.58. The Kier molecular flexibility index (Phi) is 6.87. The zero-order valence-electron chi connectivity index (χ0n) is 21.3. The molecule has 2 saturated carbocycles. The van der Waals surface area contributed by atoms with Crippen LogP contribution in [0, 0.1) is 0 Å². The molecular formula is C27H34N4O5S. The normalized spacial score (nSPS) is 22.4. The molecule has 9 nitrogen and oxygen atoms in total. The van der Waals surface area contributed by atoms with Gasteiger partial charge in [-0.3, -0.25) is 14.3 Å². The molecule has 1 atom stereocenters. The molecule has 2 fully saturated rings. The van der Waals surface area contributed by atoms with Gasteiger partial charge in [0.1, 0.15) is 11.3 Å². The lowest BCUT2D eigenvalue weighted by Crippen LogP contribution is -2.51. The summed E-state index contributed by atoms with van der Waals surface area (Å²) < 4.78 is 34.8. The van der Waals surface area contributed by atoms with Gasteiger partial charge < -0.3 is 10.1 Å². The number of unbranched alkanes of at least 4 members (excludes halogenated alkanes) is 1. The second-order valence-electron chi connectivity index (χ2n) is 10.5. The van der Waals surface area contributed by atoms with E-state index in [1.165, 1.54) is 0 Å². The standard InChI is InChI=1S/C27H34N4O5S/c1-3-4-16-36-20-10-8-18(9-11-20)27(2)17-22(23-14-15-31(29-23)19-6-5-7-19)24(25(32)28-27)26(33)30-37(34,35)21-12-13-21/h8-11,14-15,19,21H,3-7,12-13,16-17H2,1-2H3,(H,28,32)(H,30,33)/t27-/m0/s1. The second-order valence-corrected chi connectivity index (χ2v) is 12.4. The molecule has 0 radical (unpaired) electrons. The number of aromatic nitrogens is 2. The molecule has 2 aliphatic carbocycles. The summed E-state index contributed by atoms with van der Waals surface area (Å²) in [6, 6.07) is 9.69. The second kappa shape index (κ2) is 9.96. The van der Waals surface area contributed by atoms with E-state index in [9.17, 15) is 18.0 Å². The van der Waals surface area contributed by atoms with Crippen LogP contribution in [0.25, 0.3) is 5.57 Å². The monoisotopic (exact) mass is 526 g/mol. The van der Waals surface area contributed by atoms with Crippen molar-refractivity contribution in [3.8, 4) is 5.75 Å². The average molecular weight is 527 g/mol. The largest absolute Gasteiger partial charge is 0.494 e. The van der Waals surface area contributed by atoms with Gasteiger partial charge in [0, 0.05) is 18.2 Å². The van der Waals surface area contributed by atoms with E-state index in [2.05, 4.69) is 17.0 Å². The van der Waals surface area contributed by atoms with Gasteiger partial charge in [0.05, 0.1) is 29.1 Å². The molecule has 198 valence electrons. The molecular weight excluding hydrogens is 492 g/mol. The smallest absolute Gasteiger partial charge is 0.270 e. The van der Waals surface area contributed by atoms with E-state index in [1.807, 2.05) is 42.1 Å². The van der Waals surface area contributed by atoms with Crippen molar-refractivity contribution in [2.24, 2.45) is 0 Å². The van der Waals surface area contributed by atoms with E-state index in [4.69, 9.17) is 9.84 Å². The molecule has 2 heterocycles. The first-order chi connectivity index (χ1) is 17.7. The van der Waals surface area contributed by atoms with Crippen LogP contribution in [-0.2, 0) is 25.2 Å². The Morgan fingerprint density at radius 2 is 1.92 bits per heavy atom. The molecule has 0 unspecified atom stereocenters. The maximum Gasteiger partial charge on any atom is 0.270 e. The average Bonchev–Trinajstić information content (AvgIpc) is 3.58. The molecule has 5 rings (SSSR count). The number of rotatable bonds is 10. The number of sulfonamides is 1. The van der Waals surface area contributed by atoms with Crippen LogP contribution in [0.2, 0.25) is 0 Å². The SMILES string of the molecule is CCCCOc1ccc([C@]2(C)CC(c3ccn(C4CCC4)n3)=C(C(=O)NS(=O)(=O)C3CC3)C(=O)N2)cc1. The molecule has 2 amide bonds. The summed E-state index contributed by atoms with van der Waals surface area (Å²) in [5.41, 5.74) is 0.788. The van der Waals surface area contributed by atoms with Crippen molar-refractivity contribution >= 4 is 27.4 Å². The fourth-order valence-corrected chi connectivity index (χ4v) is 6.10. The zero-order valence-corrected chi connectivity index (χ0v) is 22.1. The Hall–Kier alpha value is -3.14. The molecule has 10 heteroatoms. The fraction of sp³-hybridized carbons (Fsp3) is 0.519. The van der Waals surface area contributed by atoms with Gasteiger partial charge in [0.25, 0.3) is 11.8 Å². The van der Waals surface area contributed by atoms with E-state index < -0.39 is 32.6 Å². The maximum absolute atomic E-state index is 13.4. The van der Waals surface area contributed by atoms with Gasteiger partial charge in [-0.15, -0.1) is 0 Å². The molecule has 2 N–H and O–H groups in total. The topological polar surface area (TPSA) is 119 Å². The number of hydrogen-bond acceptors (Lipinski definition) is 6. The number of nitrogens with zero attached hydrogens (tertiary/aromatic N) is 2. The molecule has 3 aliphatic rings. The lowest BCUT2D eigenvalue weighted by atomic mass is 9.79. The van der Waals surface area contributed by atoms with E-state index >= 15 is 0 Å². The van der Waals surface area contributed by atoms with Crippen molar-refractivity contribution in [3.05, 3.63) is 53.4 Å². The lowest BCUT2D eigenvalue weighted by molar-refractivity contribution is -0.124. The fourth-order valence-electron chi connectivity index (χ4n) is 4.82. The van der Waals surface area contributed by atoms with Crippen molar-refractivity contribution < 1.29 is 22.7 Å². The molecule has 1 aromatic carbocycles. The van der Waals surface area contributed by atoms with E-state index in [1.54, 1.807) is 6.07 Å². The molecule has 1 aromatic heterocycles. The summed E-state index contributed by atoms with van der Waals surface area (Å²) in [7, 11) is -3.82. The summed E-state index contributed by atoms with van der Waals surface area (Å²) >= 11 is 0. The van der Waals surface area contributed by atoms with Gasteiger partial charge in [-0.25, -0.2) is 13.1 Å². The van der Waals surface area contributed by atoms with Crippen LogP contribution in [0.4, 0.5) is 0 Å². The number of hydrogen-bond donors (Lipinski definition) is 2. The van der Waals surface area contributed by atoms with Gasteiger partial charge in [-0.1, -0.05) is 25.5 Å². The highest BCUT2D eigenvalue weighted by molar-refractivity contribution is 7.91. The van der Waals surface area contributed by atoms with E-state index in [-0.39, 0.29) is 12.0 Å². The minimum absolute atomic E-state index is 0.194. The Balaban J connectivity index is 1.47. The summed E-state index contributed by atoms with van der Waals surface area (Å²) in [6.07, 6.45) is 8.43. The van der Waals surface area contributed by atoms with Crippen LogP contribution in [0.1, 0.15) is 82.5 Å². The van der Waals surface area contributed by atoms with Crippen molar-refractivity contribution in [1.29, 1.82) is 0 Å². The molecule has 1 aliphatic heterocycles. The van der Waals surface area contributed by atoms with Gasteiger partial charge in [-0.2, -0.15) is 5.10 Å². The summed E-state index contributed by atoms with van der Waals surface area (Å²) in [4.78, 5) is 26.7. The van der Waals surface area contributed by atoms with Crippen LogP contribution in [0.15, 0.2) is 42.1 Å². The van der Waals surface area contributed by atoms with Crippen molar-refractivity contribution in [2.45, 2.75) is 82.0 Å². The minimum Gasteiger partial charge on any atom is -0.494 e.